The van der Waals surface area contributed by atoms with Gasteiger partial charge in [-0.2, -0.15) is 0 Å². The highest BCUT2D eigenvalue weighted by molar-refractivity contribution is 5.91. The van der Waals surface area contributed by atoms with Crippen LogP contribution in [0, 0.1) is 0 Å². The summed E-state index contributed by atoms with van der Waals surface area (Å²) in [6.45, 7) is 2.71. The minimum atomic E-state index is -0.0195. The minimum absolute atomic E-state index is 0.0195. The van der Waals surface area contributed by atoms with Crippen LogP contribution in [0.2, 0.25) is 0 Å². The van der Waals surface area contributed by atoms with Crippen molar-refractivity contribution in [3.8, 4) is 0 Å². The molecule has 1 aromatic heterocycles. The number of aromatic nitrogens is 2. The number of nitrogens with one attached hydrogen (secondary N) is 1. The first-order valence-corrected chi connectivity index (χ1v) is 4.08. The SMILES string of the molecule is CC(=O)N1CNCc2nccnc21. The van der Waals surface area contributed by atoms with Gasteiger partial charge < -0.3 is 0 Å². The lowest BCUT2D eigenvalue weighted by atomic mass is 10.3. The Morgan fingerprint density at radius 2 is 2.31 bits per heavy atom. The normalized spacial score (nSPS) is 15.3. The number of carbonyl (C=O) groups excluding carboxylic acids is 1. The van der Waals surface area contributed by atoms with Gasteiger partial charge in [0.25, 0.3) is 0 Å². The Morgan fingerprint density at radius 1 is 1.54 bits per heavy atom. The molecule has 1 aliphatic heterocycles. The predicted octanol–water partition coefficient (Wildman–Crippen LogP) is -0.110. The van der Waals surface area contributed by atoms with E-state index in [0.29, 0.717) is 19.0 Å². The van der Waals surface area contributed by atoms with Crippen LogP contribution in [0.25, 0.3) is 0 Å². The summed E-state index contributed by atoms with van der Waals surface area (Å²) in [5.74, 6) is 0.655. The van der Waals surface area contributed by atoms with Gasteiger partial charge in [0, 0.05) is 25.9 Å². The molecule has 2 rings (SSSR count). The highest BCUT2D eigenvalue weighted by Gasteiger charge is 2.20. The number of amides is 1. The van der Waals surface area contributed by atoms with Crippen molar-refractivity contribution in [2.75, 3.05) is 11.6 Å². The molecule has 2 heterocycles. The maximum atomic E-state index is 11.2. The molecule has 5 heteroatoms. The maximum Gasteiger partial charge on any atom is 0.226 e. The molecule has 5 nitrogen and oxygen atoms in total. The topological polar surface area (TPSA) is 58.1 Å². The van der Waals surface area contributed by atoms with Crippen LogP contribution in [0.15, 0.2) is 12.4 Å². The smallest absolute Gasteiger partial charge is 0.226 e. The number of hydrogen-bond donors (Lipinski definition) is 1. The van der Waals surface area contributed by atoms with Gasteiger partial charge in [-0.05, 0) is 0 Å². The van der Waals surface area contributed by atoms with Crippen molar-refractivity contribution in [1.82, 2.24) is 15.3 Å². The van der Waals surface area contributed by atoms with E-state index in [1.807, 2.05) is 0 Å². The van der Waals surface area contributed by atoms with Crippen molar-refractivity contribution < 1.29 is 4.79 Å². The Kier molecular flexibility index (Phi) is 1.94. The van der Waals surface area contributed by atoms with Crippen molar-refractivity contribution in [3.63, 3.8) is 0 Å². The summed E-state index contributed by atoms with van der Waals surface area (Å²) < 4.78 is 0. The summed E-state index contributed by atoms with van der Waals surface area (Å²) in [4.78, 5) is 21.0. The zero-order chi connectivity index (χ0) is 9.26. The molecule has 0 saturated carbocycles. The fraction of sp³-hybridized carbons (Fsp3) is 0.375. The molecule has 1 aromatic rings. The van der Waals surface area contributed by atoms with Crippen LogP contribution < -0.4 is 10.2 Å². The van der Waals surface area contributed by atoms with E-state index in [4.69, 9.17) is 0 Å². The molecule has 0 bridgehead atoms. The van der Waals surface area contributed by atoms with Crippen LogP contribution in [0.5, 0.6) is 0 Å². The van der Waals surface area contributed by atoms with Crippen molar-refractivity contribution in [3.05, 3.63) is 18.1 Å². The highest BCUT2D eigenvalue weighted by Crippen LogP contribution is 2.17. The van der Waals surface area contributed by atoms with Crippen LogP contribution in [-0.2, 0) is 11.3 Å². The molecule has 1 N–H and O–H groups in total. The van der Waals surface area contributed by atoms with Gasteiger partial charge in [-0.15, -0.1) is 0 Å². The fourth-order valence-electron chi connectivity index (χ4n) is 1.33. The van der Waals surface area contributed by atoms with E-state index in [0.717, 1.165) is 5.69 Å². The van der Waals surface area contributed by atoms with Gasteiger partial charge in [-0.3, -0.25) is 20.0 Å². The summed E-state index contributed by atoms with van der Waals surface area (Å²) in [6.07, 6.45) is 3.23. The van der Waals surface area contributed by atoms with E-state index in [1.54, 1.807) is 17.3 Å². The fourth-order valence-corrected chi connectivity index (χ4v) is 1.33. The van der Waals surface area contributed by atoms with Gasteiger partial charge >= 0.3 is 0 Å². The molecule has 0 spiro atoms. The molecule has 1 aliphatic rings. The van der Waals surface area contributed by atoms with E-state index in [2.05, 4.69) is 15.3 Å². The van der Waals surface area contributed by atoms with Crippen LogP contribution in [0.4, 0.5) is 5.82 Å². The number of carbonyl (C=O) groups is 1. The minimum Gasteiger partial charge on any atom is -0.294 e. The zero-order valence-electron chi connectivity index (χ0n) is 7.32. The first-order chi connectivity index (χ1) is 6.29. The molecule has 0 aliphatic carbocycles. The van der Waals surface area contributed by atoms with Gasteiger partial charge in [-0.1, -0.05) is 0 Å². The van der Waals surface area contributed by atoms with Crippen molar-refractivity contribution >= 4 is 11.7 Å². The van der Waals surface area contributed by atoms with Crippen LogP contribution in [0.1, 0.15) is 12.6 Å². The van der Waals surface area contributed by atoms with Gasteiger partial charge in [0.1, 0.15) is 0 Å². The molecule has 0 aromatic carbocycles. The summed E-state index contributed by atoms with van der Waals surface area (Å²) in [5, 5.41) is 3.07. The molecule has 0 unspecified atom stereocenters. The molecular formula is C8H10N4O. The second kappa shape index (κ2) is 3.10. The molecule has 0 saturated heterocycles. The maximum absolute atomic E-state index is 11.2. The molecule has 0 radical (unpaired) electrons. The van der Waals surface area contributed by atoms with Crippen LogP contribution in [0.3, 0.4) is 0 Å². The Hall–Kier alpha value is -1.49. The second-order valence-electron chi connectivity index (χ2n) is 2.86. The Bertz CT molecular complexity index is 339. The predicted molar refractivity (Wildman–Crippen MR) is 46.9 cm³/mol. The molecule has 0 atom stereocenters. The molecule has 1 amide bonds. The van der Waals surface area contributed by atoms with Crippen molar-refractivity contribution in [2.24, 2.45) is 0 Å². The summed E-state index contributed by atoms with van der Waals surface area (Å²) >= 11 is 0. The average Bonchev–Trinajstić information content (AvgIpc) is 2.17. The van der Waals surface area contributed by atoms with Crippen molar-refractivity contribution in [2.45, 2.75) is 13.5 Å². The monoisotopic (exact) mass is 178 g/mol. The quantitative estimate of drug-likeness (QED) is 0.602. The molecule has 68 valence electrons. The van der Waals surface area contributed by atoms with Gasteiger partial charge in [0.2, 0.25) is 5.91 Å². The number of nitrogens with zero attached hydrogens (tertiary/aromatic N) is 3. The molecule has 13 heavy (non-hydrogen) atoms. The number of fused-ring (bicyclic) bond motifs is 1. The zero-order valence-corrected chi connectivity index (χ0v) is 7.32. The Labute approximate surface area is 75.8 Å². The largest absolute Gasteiger partial charge is 0.294 e. The summed E-state index contributed by atoms with van der Waals surface area (Å²) in [5.41, 5.74) is 0.823. The average molecular weight is 178 g/mol. The number of hydrogen-bond acceptors (Lipinski definition) is 4. The Balaban J connectivity index is 2.42. The molecular weight excluding hydrogens is 168 g/mol. The van der Waals surface area contributed by atoms with Crippen LogP contribution in [-0.4, -0.2) is 22.5 Å². The second-order valence-corrected chi connectivity index (χ2v) is 2.86. The van der Waals surface area contributed by atoms with Crippen molar-refractivity contribution in [1.29, 1.82) is 0 Å². The van der Waals surface area contributed by atoms with Crippen LogP contribution >= 0.6 is 0 Å². The van der Waals surface area contributed by atoms with E-state index in [9.17, 15) is 4.79 Å². The van der Waals surface area contributed by atoms with Gasteiger partial charge in [-0.25, -0.2) is 4.98 Å². The lowest BCUT2D eigenvalue weighted by Gasteiger charge is -2.26. The first kappa shape index (κ1) is 8.12. The third-order valence-corrected chi connectivity index (χ3v) is 1.95. The van der Waals surface area contributed by atoms with E-state index in [1.165, 1.54) is 6.92 Å². The standard InChI is InChI=1S/C8H10N4O/c1-6(13)12-5-9-4-7-8(12)11-3-2-10-7/h2-3,9H,4-5H2,1H3. The summed E-state index contributed by atoms with van der Waals surface area (Å²) in [6, 6.07) is 0. The Morgan fingerprint density at radius 3 is 3.08 bits per heavy atom. The number of anilines is 1. The van der Waals surface area contributed by atoms with Gasteiger partial charge in [0.05, 0.1) is 12.4 Å². The lowest BCUT2D eigenvalue weighted by molar-refractivity contribution is -0.116. The summed E-state index contributed by atoms with van der Waals surface area (Å²) in [7, 11) is 0. The van der Waals surface area contributed by atoms with Gasteiger partial charge in [0.15, 0.2) is 5.82 Å². The molecule has 0 fully saturated rings. The number of rotatable bonds is 0. The highest BCUT2D eigenvalue weighted by atomic mass is 16.2. The third-order valence-electron chi connectivity index (χ3n) is 1.95. The third kappa shape index (κ3) is 1.38. The van der Waals surface area contributed by atoms with E-state index < -0.39 is 0 Å². The van der Waals surface area contributed by atoms with E-state index in [-0.39, 0.29) is 5.91 Å². The van der Waals surface area contributed by atoms with E-state index >= 15 is 0 Å². The lowest BCUT2D eigenvalue weighted by Crippen LogP contribution is -2.42. The first-order valence-electron chi connectivity index (χ1n) is 4.08.